The maximum absolute atomic E-state index is 5.48. The zero-order valence-electron chi connectivity index (χ0n) is 9.91. The van der Waals surface area contributed by atoms with Gasteiger partial charge in [0.1, 0.15) is 0 Å². The molecule has 0 aromatic carbocycles. The molecular weight excluding hydrogens is 176 g/mol. The van der Waals surface area contributed by atoms with Crippen molar-refractivity contribution in [2.45, 2.75) is 39.4 Å². The summed E-state index contributed by atoms with van der Waals surface area (Å²) in [5, 5.41) is 0. The highest BCUT2D eigenvalue weighted by Crippen LogP contribution is 2.37. The fraction of sp³-hybridized carbons (Fsp3) is 0.833. The SMILES string of the molecule is COC1C=CC(OC)C(C(C)(C)C)C1. The topological polar surface area (TPSA) is 18.5 Å². The molecule has 82 valence electrons. The summed E-state index contributed by atoms with van der Waals surface area (Å²) in [6.07, 6.45) is 5.78. The minimum absolute atomic E-state index is 0.237. The Labute approximate surface area is 87.3 Å². The van der Waals surface area contributed by atoms with Crippen molar-refractivity contribution in [3.63, 3.8) is 0 Å². The molecule has 0 saturated carbocycles. The Morgan fingerprint density at radius 2 is 1.71 bits per heavy atom. The van der Waals surface area contributed by atoms with Gasteiger partial charge in [0.25, 0.3) is 0 Å². The van der Waals surface area contributed by atoms with Gasteiger partial charge in [-0.15, -0.1) is 0 Å². The van der Waals surface area contributed by atoms with E-state index in [1.54, 1.807) is 14.2 Å². The first-order valence-corrected chi connectivity index (χ1v) is 5.23. The molecule has 0 aromatic heterocycles. The van der Waals surface area contributed by atoms with Gasteiger partial charge in [0, 0.05) is 14.2 Å². The van der Waals surface area contributed by atoms with Crippen molar-refractivity contribution < 1.29 is 9.47 Å². The highest BCUT2D eigenvalue weighted by Gasteiger charge is 2.35. The molecule has 1 aliphatic rings. The van der Waals surface area contributed by atoms with E-state index in [1.807, 2.05) is 0 Å². The van der Waals surface area contributed by atoms with Gasteiger partial charge < -0.3 is 9.47 Å². The summed E-state index contributed by atoms with van der Waals surface area (Å²) in [6.45, 7) is 6.78. The number of rotatable bonds is 2. The average Bonchev–Trinajstić information content (AvgIpc) is 2.15. The van der Waals surface area contributed by atoms with Crippen LogP contribution in [0.15, 0.2) is 12.2 Å². The van der Waals surface area contributed by atoms with E-state index >= 15 is 0 Å². The quantitative estimate of drug-likeness (QED) is 0.635. The second-order valence-electron chi connectivity index (χ2n) is 5.07. The molecule has 0 saturated heterocycles. The van der Waals surface area contributed by atoms with Crippen molar-refractivity contribution in [2.24, 2.45) is 11.3 Å². The normalized spacial score (nSPS) is 33.4. The molecule has 1 aliphatic carbocycles. The molecule has 0 bridgehead atoms. The summed E-state index contributed by atoms with van der Waals surface area (Å²) in [6, 6.07) is 0. The van der Waals surface area contributed by atoms with Crippen molar-refractivity contribution in [1.29, 1.82) is 0 Å². The Morgan fingerprint density at radius 1 is 1.07 bits per heavy atom. The number of ether oxygens (including phenoxy) is 2. The second kappa shape index (κ2) is 4.45. The molecule has 0 aromatic rings. The minimum Gasteiger partial charge on any atom is -0.377 e. The summed E-state index contributed by atoms with van der Waals surface area (Å²) in [5.41, 5.74) is 0.266. The molecule has 0 amide bonds. The third kappa shape index (κ3) is 2.58. The van der Waals surface area contributed by atoms with Gasteiger partial charge in [0.2, 0.25) is 0 Å². The van der Waals surface area contributed by atoms with E-state index in [2.05, 4.69) is 32.9 Å². The van der Waals surface area contributed by atoms with E-state index in [9.17, 15) is 0 Å². The summed E-state index contributed by atoms with van der Waals surface area (Å²) in [4.78, 5) is 0. The summed E-state index contributed by atoms with van der Waals surface area (Å²) < 4.78 is 10.8. The minimum atomic E-state index is 0.237. The lowest BCUT2D eigenvalue weighted by Crippen LogP contribution is -2.38. The Morgan fingerprint density at radius 3 is 2.14 bits per heavy atom. The molecule has 3 unspecified atom stereocenters. The third-order valence-electron chi connectivity index (χ3n) is 3.09. The smallest absolute Gasteiger partial charge is 0.0787 e. The molecule has 2 nitrogen and oxygen atoms in total. The first-order chi connectivity index (χ1) is 6.49. The number of hydrogen-bond donors (Lipinski definition) is 0. The van der Waals surface area contributed by atoms with Crippen molar-refractivity contribution in [1.82, 2.24) is 0 Å². The number of methoxy groups -OCH3 is 2. The Hall–Kier alpha value is -0.340. The van der Waals surface area contributed by atoms with Gasteiger partial charge in [-0.25, -0.2) is 0 Å². The highest BCUT2D eigenvalue weighted by molar-refractivity contribution is 5.06. The zero-order chi connectivity index (χ0) is 10.8. The average molecular weight is 198 g/mol. The third-order valence-corrected chi connectivity index (χ3v) is 3.09. The van der Waals surface area contributed by atoms with Crippen LogP contribution in [0.25, 0.3) is 0 Å². The fourth-order valence-electron chi connectivity index (χ4n) is 2.09. The van der Waals surface area contributed by atoms with Gasteiger partial charge in [0.15, 0.2) is 0 Å². The molecule has 0 fully saturated rings. The summed E-state index contributed by atoms with van der Waals surface area (Å²) in [5.74, 6) is 0.530. The zero-order valence-corrected chi connectivity index (χ0v) is 9.91. The highest BCUT2D eigenvalue weighted by atomic mass is 16.5. The molecule has 14 heavy (non-hydrogen) atoms. The van der Waals surface area contributed by atoms with E-state index in [1.165, 1.54) is 0 Å². The maximum Gasteiger partial charge on any atom is 0.0787 e. The van der Waals surface area contributed by atoms with Crippen LogP contribution in [0.5, 0.6) is 0 Å². The van der Waals surface area contributed by atoms with Crippen LogP contribution in [0.2, 0.25) is 0 Å². The second-order valence-corrected chi connectivity index (χ2v) is 5.07. The van der Waals surface area contributed by atoms with Gasteiger partial charge >= 0.3 is 0 Å². The molecule has 3 atom stereocenters. The van der Waals surface area contributed by atoms with Crippen LogP contribution < -0.4 is 0 Å². The molecule has 1 rings (SSSR count). The maximum atomic E-state index is 5.48. The van der Waals surface area contributed by atoms with Gasteiger partial charge in [-0.05, 0) is 17.8 Å². The molecule has 2 heteroatoms. The summed E-state index contributed by atoms with van der Waals surface area (Å²) >= 11 is 0. The largest absolute Gasteiger partial charge is 0.377 e. The van der Waals surface area contributed by atoms with Crippen LogP contribution in [0.4, 0.5) is 0 Å². The predicted molar refractivity (Wildman–Crippen MR) is 58.3 cm³/mol. The van der Waals surface area contributed by atoms with Crippen LogP contribution >= 0.6 is 0 Å². The van der Waals surface area contributed by atoms with Gasteiger partial charge in [-0.2, -0.15) is 0 Å². The first kappa shape index (κ1) is 11.7. The molecule has 0 heterocycles. The van der Waals surface area contributed by atoms with Crippen molar-refractivity contribution in [3.8, 4) is 0 Å². The summed E-state index contributed by atoms with van der Waals surface area (Å²) in [7, 11) is 3.54. The van der Waals surface area contributed by atoms with E-state index < -0.39 is 0 Å². The molecular formula is C12H22O2. The molecule has 0 spiro atoms. The standard InChI is InChI=1S/C12H22O2/c1-12(2,3)10-8-9(13-4)6-7-11(10)14-5/h6-7,9-11H,8H2,1-5H3. The fourth-order valence-corrected chi connectivity index (χ4v) is 2.09. The monoisotopic (exact) mass is 198 g/mol. The van der Waals surface area contributed by atoms with Gasteiger partial charge in [-0.3, -0.25) is 0 Å². The first-order valence-electron chi connectivity index (χ1n) is 5.23. The Kier molecular flexibility index (Phi) is 3.73. The van der Waals surface area contributed by atoms with Gasteiger partial charge in [-0.1, -0.05) is 32.9 Å². The van der Waals surface area contributed by atoms with Crippen molar-refractivity contribution >= 4 is 0 Å². The van der Waals surface area contributed by atoms with E-state index in [-0.39, 0.29) is 17.6 Å². The van der Waals surface area contributed by atoms with Crippen LogP contribution in [-0.2, 0) is 9.47 Å². The Bertz CT molecular complexity index is 203. The van der Waals surface area contributed by atoms with E-state index in [0.717, 1.165) is 6.42 Å². The molecule has 0 aliphatic heterocycles. The van der Waals surface area contributed by atoms with Crippen LogP contribution in [0, 0.1) is 11.3 Å². The lowest BCUT2D eigenvalue weighted by Gasteiger charge is -2.39. The van der Waals surface area contributed by atoms with Gasteiger partial charge in [0.05, 0.1) is 12.2 Å². The predicted octanol–water partition coefficient (Wildman–Crippen LogP) is 2.64. The Balaban J connectivity index is 2.77. The van der Waals surface area contributed by atoms with Crippen LogP contribution in [0.1, 0.15) is 27.2 Å². The van der Waals surface area contributed by atoms with E-state index in [4.69, 9.17) is 9.47 Å². The number of hydrogen-bond acceptors (Lipinski definition) is 2. The molecule has 0 N–H and O–H groups in total. The lowest BCUT2D eigenvalue weighted by atomic mass is 9.72. The van der Waals surface area contributed by atoms with Crippen LogP contribution in [-0.4, -0.2) is 26.4 Å². The van der Waals surface area contributed by atoms with Crippen molar-refractivity contribution in [3.05, 3.63) is 12.2 Å². The van der Waals surface area contributed by atoms with Crippen LogP contribution in [0.3, 0.4) is 0 Å². The van der Waals surface area contributed by atoms with E-state index in [0.29, 0.717) is 5.92 Å². The van der Waals surface area contributed by atoms with Crippen molar-refractivity contribution in [2.75, 3.05) is 14.2 Å². The lowest BCUT2D eigenvalue weighted by molar-refractivity contribution is -0.00629. The molecule has 0 radical (unpaired) electrons.